The molecule has 120 valence electrons. The standard InChI is InChI=1S/C14H22N6O2/c1-9-14(21)19-11-12(17-10(2)18-13(11)16-9)15-3-4-20-5-7-22-8-6-20/h9H,3-8H2,1-2H3,(H,19,21)(H2,15,16,17,18). The van der Waals surface area contributed by atoms with Crippen molar-refractivity contribution in [3.63, 3.8) is 0 Å². The molecular weight excluding hydrogens is 284 g/mol. The van der Waals surface area contributed by atoms with Gasteiger partial charge in [-0.05, 0) is 13.8 Å². The fraction of sp³-hybridized carbons (Fsp3) is 0.643. The van der Waals surface area contributed by atoms with Crippen molar-refractivity contribution in [2.75, 3.05) is 55.3 Å². The van der Waals surface area contributed by atoms with Crippen LogP contribution in [0.4, 0.5) is 17.3 Å². The van der Waals surface area contributed by atoms with E-state index >= 15 is 0 Å². The summed E-state index contributed by atoms with van der Waals surface area (Å²) in [5, 5.41) is 9.28. The van der Waals surface area contributed by atoms with Crippen molar-refractivity contribution in [2.24, 2.45) is 0 Å². The Morgan fingerprint density at radius 1 is 1.36 bits per heavy atom. The predicted molar refractivity (Wildman–Crippen MR) is 84.2 cm³/mol. The van der Waals surface area contributed by atoms with Gasteiger partial charge in [-0.1, -0.05) is 0 Å². The average Bonchev–Trinajstić information content (AvgIpc) is 2.50. The molecule has 1 fully saturated rings. The fourth-order valence-corrected chi connectivity index (χ4v) is 2.58. The molecular formula is C14H22N6O2. The highest BCUT2D eigenvalue weighted by atomic mass is 16.5. The summed E-state index contributed by atoms with van der Waals surface area (Å²) in [6.07, 6.45) is 0. The number of amides is 1. The lowest BCUT2D eigenvalue weighted by atomic mass is 10.2. The number of morpholine rings is 1. The van der Waals surface area contributed by atoms with E-state index in [0.29, 0.717) is 23.1 Å². The summed E-state index contributed by atoms with van der Waals surface area (Å²) in [5.41, 5.74) is 0.635. The van der Waals surface area contributed by atoms with Crippen molar-refractivity contribution in [3.8, 4) is 0 Å². The lowest BCUT2D eigenvalue weighted by Crippen LogP contribution is -2.39. The number of rotatable bonds is 4. The van der Waals surface area contributed by atoms with E-state index in [1.165, 1.54) is 0 Å². The second kappa shape index (κ2) is 6.45. The van der Waals surface area contributed by atoms with E-state index in [1.807, 2.05) is 6.92 Å². The first-order chi connectivity index (χ1) is 10.6. The van der Waals surface area contributed by atoms with Gasteiger partial charge in [-0.2, -0.15) is 0 Å². The molecule has 0 saturated carbocycles. The molecule has 1 aromatic heterocycles. The second-order valence-corrected chi connectivity index (χ2v) is 5.58. The quantitative estimate of drug-likeness (QED) is 0.736. The molecule has 3 heterocycles. The van der Waals surface area contributed by atoms with Crippen LogP contribution in [0.1, 0.15) is 12.7 Å². The van der Waals surface area contributed by atoms with E-state index in [4.69, 9.17) is 4.74 Å². The fourth-order valence-electron chi connectivity index (χ4n) is 2.58. The number of hydrogen-bond donors (Lipinski definition) is 3. The van der Waals surface area contributed by atoms with E-state index < -0.39 is 0 Å². The molecule has 3 N–H and O–H groups in total. The summed E-state index contributed by atoms with van der Waals surface area (Å²) in [4.78, 5) is 22.9. The molecule has 0 bridgehead atoms. The molecule has 1 saturated heterocycles. The third kappa shape index (κ3) is 3.28. The Morgan fingerprint density at radius 2 is 2.14 bits per heavy atom. The number of nitrogens with zero attached hydrogens (tertiary/aromatic N) is 3. The summed E-state index contributed by atoms with van der Waals surface area (Å²) in [7, 11) is 0. The van der Waals surface area contributed by atoms with Crippen LogP contribution < -0.4 is 16.0 Å². The van der Waals surface area contributed by atoms with Crippen molar-refractivity contribution in [1.82, 2.24) is 14.9 Å². The van der Waals surface area contributed by atoms with Crippen molar-refractivity contribution in [3.05, 3.63) is 5.82 Å². The molecule has 8 nitrogen and oxygen atoms in total. The van der Waals surface area contributed by atoms with Gasteiger partial charge in [0, 0.05) is 26.2 Å². The maximum Gasteiger partial charge on any atom is 0.246 e. The normalized spacial score (nSPS) is 21.7. The van der Waals surface area contributed by atoms with Crippen LogP contribution >= 0.6 is 0 Å². The average molecular weight is 306 g/mol. The first kappa shape index (κ1) is 15.0. The maximum absolute atomic E-state index is 11.8. The number of anilines is 3. The van der Waals surface area contributed by atoms with E-state index in [2.05, 4.69) is 30.8 Å². The zero-order chi connectivity index (χ0) is 15.5. The summed E-state index contributed by atoms with van der Waals surface area (Å²) in [6, 6.07) is -0.289. The molecule has 1 aromatic rings. The van der Waals surface area contributed by atoms with Crippen LogP contribution in [0.15, 0.2) is 0 Å². The van der Waals surface area contributed by atoms with Gasteiger partial charge in [-0.15, -0.1) is 0 Å². The minimum Gasteiger partial charge on any atom is -0.379 e. The molecule has 0 aromatic carbocycles. The summed E-state index contributed by atoms with van der Waals surface area (Å²) < 4.78 is 5.34. The second-order valence-electron chi connectivity index (χ2n) is 5.58. The van der Waals surface area contributed by atoms with Crippen molar-refractivity contribution >= 4 is 23.2 Å². The number of aryl methyl sites for hydroxylation is 1. The number of fused-ring (bicyclic) bond motifs is 1. The van der Waals surface area contributed by atoms with Gasteiger partial charge in [0.05, 0.1) is 13.2 Å². The Kier molecular flexibility index (Phi) is 4.39. The Hall–Kier alpha value is -1.93. The topological polar surface area (TPSA) is 91.4 Å². The Bertz CT molecular complexity index is 559. The van der Waals surface area contributed by atoms with Gasteiger partial charge in [-0.25, -0.2) is 9.97 Å². The lowest BCUT2D eigenvalue weighted by Gasteiger charge is -2.28. The van der Waals surface area contributed by atoms with Crippen LogP contribution in [-0.2, 0) is 9.53 Å². The van der Waals surface area contributed by atoms with Crippen LogP contribution in [0.25, 0.3) is 0 Å². The smallest absolute Gasteiger partial charge is 0.246 e. The summed E-state index contributed by atoms with van der Waals surface area (Å²) in [5.74, 6) is 1.94. The molecule has 0 radical (unpaired) electrons. The molecule has 0 spiro atoms. The SMILES string of the molecule is Cc1nc(NCCN2CCOCC2)c2c(n1)NC(C)C(=O)N2. The minimum atomic E-state index is -0.289. The predicted octanol–water partition coefficient (Wildman–Crippen LogP) is 0.282. The Balaban J connectivity index is 1.66. The Labute approximate surface area is 129 Å². The third-order valence-corrected chi connectivity index (χ3v) is 3.84. The molecule has 1 atom stereocenters. The third-order valence-electron chi connectivity index (χ3n) is 3.84. The van der Waals surface area contributed by atoms with Gasteiger partial charge in [0.15, 0.2) is 11.6 Å². The molecule has 1 amide bonds. The molecule has 22 heavy (non-hydrogen) atoms. The van der Waals surface area contributed by atoms with E-state index in [0.717, 1.165) is 39.4 Å². The van der Waals surface area contributed by atoms with Gasteiger partial charge >= 0.3 is 0 Å². The van der Waals surface area contributed by atoms with Gasteiger partial charge in [0.2, 0.25) is 5.91 Å². The highest BCUT2D eigenvalue weighted by Gasteiger charge is 2.26. The first-order valence-corrected chi connectivity index (χ1v) is 7.63. The minimum absolute atomic E-state index is 0.0730. The summed E-state index contributed by atoms with van der Waals surface area (Å²) >= 11 is 0. The number of carbonyl (C=O) groups excluding carboxylic acids is 1. The van der Waals surface area contributed by atoms with Gasteiger partial charge in [0.25, 0.3) is 0 Å². The van der Waals surface area contributed by atoms with Gasteiger partial charge in [0.1, 0.15) is 17.6 Å². The van der Waals surface area contributed by atoms with E-state index in [9.17, 15) is 4.79 Å². The summed E-state index contributed by atoms with van der Waals surface area (Å²) in [6.45, 7) is 8.82. The lowest BCUT2D eigenvalue weighted by molar-refractivity contribution is -0.116. The van der Waals surface area contributed by atoms with Crippen molar-refractivity contribution in [2.45, 2.75) is 19.9 Å². The number of ether oxygens (including phenoxy) is 1. The molecule has 2 aliphatic heterocycles. The number of aromatic nitrogens is 2. The number of carbonyl (C=O) groups is 1. The first-order valence-electron chi connectivity index (χ1n) is 7.63. The number of nitrogens with one attached hydrogen (secondary N) is 3. The largest absolute Gasteiger partial charge is 0.379 e. The van der Waals surface area contributed by atoms with Crippen LogP contribution in [-0.4, -0.2) is 66.2 Å². The van der Waals surface area contributed by atoms with Crippen LogP contribution in [0.2, 0.25) is 0 Å². The highest BCUT2D eigenvalue weighted by Crippen LogP contribution is 2.31. The molecule has 2 aliphatic rings. The van der Waals surface area contributed by atoms with Crippen molar-refractivity contribution in [1.29, 1.82) is 0 Å². The van der Waals surface area contributed by atoms with E-state index in [-0.39, 0.29) is 11.9 Å². The van der Waals surface area contributed by atoms with Gasteiger partial charge < -0.3 is 20.7 Å². The Morgan fingerprint density at radius 3 is 2.91 bits per heavy atom. The maximum atomic E-state index is 11.8. The van der Waals surface area contributed by atoms with Crippen LogP contribution in [0, 0.1) is 6.92 Å². The molecule has 0 aliphatic carbocycles. The van der Waals surface area contributed by atoms with E-state index in [1.54, 1.807) is 6.92 Å². The van der Waals surface area contributed by atoms with Crippen LogP contribution in [0.5, 0.6) is 0 Å². The highest BCUT2D eigenvalue weighted by molar-refractivity contribution is 6.04. The number of hydrogen-bond acceptors (Lipinski definition) is 7. The molecule has 1 unspecified atom stereocenters. The zero-order valence-electron chi connectivity index (χ0n) is 13.0. The molecule has 3 rings (SSSR count). The van der Waals surface area contributed by atoms with Crippen molar-refractivity contribution < 1.29 is 9.53 Å². The van der Waals surface area contributed by atoms with Crippen LogP contribution in [0.3, 0.4) is 0 Å². The van der Waals surface area contributed by atoms with Gasteiger partial charge in [-0.3, -0.25) is 9.69 Å². The molecule has 8 heteroatoms. The monoisotopic (exact) mass is 306 g/mol. The zero-order valence-corrected chi connectivity index (χ0v) is 13.0.